The molecule has 0 aliphatic carbocycles. The number of thioether (sulfide) groups is 1. The van der Waals surface area contributed by atoms with Gasteiger partial charge in [0.25, 0.3) is 0 Å². The number of hydrogen-bond acceptors (Lipinski definition) is 4. The van der Waals surface area contributed by atoms with Gasteiger partial charge in [-0.3, -0.25) is 0 Å². The molecular formula is C30H43N3S. The van der Waals surface area contributed by atoms with Gasteiger partial charge < -0.3 is 16.5 Å². The minimum Gasteiger partial charge on any atom is -0.390 e. The molecule has 0 radical (unpaired) electrons. The van der Waals surface area contributed by atoms with E-state index in [1.807, 2.05) is 81.6 Å². The van der Waals surface area contributed by atoms with Gasteiger partial charge in [0.05, 0.1) is 0 Å². The topological polar surface area (TPSA) is 61.9 Å². The second kappa shape index (κ2) is 20.5. The Kier molecular flexibility index (Phi) is 20.0. The van der Waals surface area contributed by atoms with Crippen molar-refractivity contribution in [3.8, 4) is 0 Å². The monoisotopic (exact) mass is 477 g/mol. The molecule has 0 saturated heterocycles. The van der Waals surface area contributed by atoms with Gasteiger partial charge in [-0.15, -0.1) is 24.9 Å². The summed E-state index contributed by atoms with van der Waals surface area (Å²) in [5, 5.41) is 8.58. The van der Waals surface area contributed by atoms with Gasteiger partial charge in [-0.2, -0.15) is 0 Å². The molecule has 3 aromatic rings. The van der Waals surface area contributed by atoms with Crippen LogP contribution in [0.5, 0.6) is 0 Å². The zero-order chi connectivity index (χ0) is 26.4. The maximum Gasteiger partial charge on any atom is 0.106 e. The Morgan fingerprint density at radius 3 is 1.53 bits per heavy atom. The summed E-state index contributed by atoms with van der Waals surface area (Å²) in [5.74, 6) is 0. The molecule has 4 N–H and O–H groups in total. The van der Waals surface area contributed by atoms with Crippen LogP contribution in [0.4, 0.5) is 0 Å². The van der Waals surface area contributed by atoms with E-state index in [1.54, 1.807) is 11.8 Å². The van der Waals surface area contributed by atoms with E-state index in [4.69, 9.17) is 11.1 Å². The van der Waals surface area contributed by atoms with Gasteiger partial charge in [0.2, 0.25) is 0 Å². The van der Waals surface area contributed by atoms with E-state index in [-0.39, 0.29) is 0 Å². The molecule has 0 heterocycles. The van der Waals surface area contributed by atoms with Crippen LogP contribution in [-0.4, -0.2) is 20.0 Å². The van der Waals surface area contributed by atoms with Gasteiger partial charge >= 0.3 is 0 Å². The largest absolute Gasteiger partial charge is 0.390 e. The van der Waals surface area contributed by atoms with Gasteiger partial charge in [0.1, 0.15) is 5.54 Å². The van der Waals surface area contributed by atoms with E-state index in [9.17, 15) is 0 Å². The quantitative estimate of drug-likeness (QED) is 0.194. The van der Waals surface area contributed by atoms with Crippen molar-refractivity contribution in [3.63, 3.8) is 0 Å². The average Bonchev–Trinajstić information content (AvgIpc) is 2.96. The molecule has 0 amide bonds. The molecule has 34 heavy (non-hydrogen) atoms. The highest BCUT2D eigenvalue weighted by Crippen LogP contribution is 2.31. The van der Waals surface area contributed by atoms with Gasteiger partial charge in [-0.05, 0) is 48.2 Å². The summed E-state index contributed by atoms with van der Waals surface area (Å²) in [6, 6.07) is 28.7. The molecule has 3 nitrogen and oxygen atoms in total. The fourth-order valence-corrected chi connectivity index (χ4v) is 3.38. The molecule has 3 rings (SSSR count). The maximum atomic E-state index is 6.63. The number of aryl methyl sites for hydroxylation is 1. The number of rotatable bonds is 6. The molecule has 0 aliphatic heterocycles. The highest BCUT2D eigenvalue weighted by Gasteiger charge is 2.32. The SMILES string of the molecule is C=C.C=C(NC)C(N)(c1ccccc1)c1ccccc1.C=N.CC.CCc1ccc(SC)cc1. The lowest BCUT2D eigenvalue weighted by Crippen LogP contribution is -2.43. The van der Waals surface area contributed by atoms with Crippen molar-refractivity contribution in [3.05, 3.63) is 127 Å². The fraction of sp³-hybridized carbons (Fsp3) is 0.233. The summed E-state index contributed by atoms with van der Waals surface area (Å²) in [6.45, 7) is 18.7. The van der Waals surface area contributed by atoms with Crippen molar-refractivity contribution >= 4 is 18.5 Å². The third-order valence-corrected chi connectivity index (χ3v) is 5.55. The summed E-state index contributed by atoms with van der Waals surface area (Å²) in [5.41, 5.74) is 10.2. The van der Waals surface area contributed by atoms with Crippen LogP contribution < -0.4 is 11.1 Å². The predicted molar refractivity (Wildman–Crippen MR) is 156 cm³/mol. The first-order valence-corrected chi connectivity index (χ1v) is 12.5. The summed E-state index contributed by atoms with van der Waals surface area (Å²) < 4.78 is 0. The summed E-state index contributed by atoms with van der Waals surface area (Å²) >= 11 is 1.79. The first-order chi connectivity index (χ1) is 16.6. The van der Waals surface area contributed by atoms with E-state index >= 15 is 0 Å². The van der Waals surface area contributed by atoms with E-state index in [0.717, 1.165) is 23.2 Å². The zero-order valence-electron chi connectivity index (χ0n) is 21.6. The van der Waals surface area contributed by atoms with Crippen LogP contribution in [0.1, 0.15) is 37.5 Å². The van der Waals surface area contributed by atoms with Crippen LogP contribution in [0.2, 0.25) is 0 Å². The summed E-state index contributed by atoms with van der Waals surface area (Å²) in [4.78, 5) is 1.34. The molecule has 0 aliphatic rings. The number of nitrogens with two attached hydrogens (primary N) is 1. The lowest BCUT2D eigenvalue weighted by molar-refractivity contribution is 0.595. The smallest absolute Gasteiger partial charge is 0.106 e. The molecule has 0 unspecified atom stereocenters. The molecule has 4 heteroatoms. The Morgan fingerprint density at radius 1 is 0.853 bits per heavy atom. The normalized spacial score (nSPS) is 9.12. The second-order valence-corrected chi connectivity index (χ2v) is 7.35. The van der Waals surface area contributed by atoms with Crippen molar-refractivity contribution in [2.75, 3.05) is 13.3 Å². The fourth-order valence-electron chi connectivity index (χ4n) is 2.98. The predicted octanol–water partition coefficient (Wildman–Crippen LogP) is 7.69. The third kappa shape index (κ3) is 10.2. The molecule has 0 fully saturated rings. The first kappa shape index (κ1) is 33.1. The van der Waals surface area contributed by atoms with Crippen LogP contribution in [-0.2, 0) is 12.0 Å². The van der Waals surface area contributed by atoms with Crippen LogP contribution in [0, 0.1) is 5.41 Å². The molecule has 0 spiro atoms. The minimum atomic E-state index is -0.711. The molecule has 0 atom stereocenters. The standard InChI is InChI=1S/C16H18N2.C9H12S.C2H6.C2H4.CH3N/c1-13(18-2)16(17,14-9-5-3-6-10-14)15-11-7-4-8-12-15;1-3-8-4-6-9(10-2)7-5-8;3*1-2/h3-12,18H,1,17H2,2H3;4-7H,3H2,1-2H3;1-2H3;1-2H2;2H,1H2. The van der Waals surface area contributed by atoms with Crippen LogP contribution in [0.15, 0.2) is 115 Å². The highest BCUT2D eigenvalue weighted by atomic mass is 32.2. The van der Waals surface area contributed by atoms with E-state index in [0.29, 0.717) is 0 Å². The maximum absolute atomic E-state index is 6.63. The molecule has 184 valence electrons. The van der Waals surface area contributed by atoms with E-state index in [2.05, 4.69) is 69.2 Å². The van der Waals surface area contributed by atoms with Crippen molar-refractivity contribution in [2.24, 2.45) is 5.73 Å². The highest BCUT2D eigenvalue weighted by molar-refractivity contribution is 7.98. The van der Waals surface area contributed by atoms with Gasteiger partial charge in [-0.1, -0.05) is 100 Å². The van der Waals surface area contributed by atoms with Crippen molar-refractivity contribution in [1.82, 2.24) is 5.32 Å². The first-order valence-electron chi connectivity index (χ1n) is 11.3. The minimum absolute atomic E-state index is 0.711. The van der Waals surface area contributed by atoms with Gasteiger partial charge in [0.15, 0.2) is 0 Å². The number of hydrogen-bond donors (Lipinski definition) is 3. The Balaban J connectivity index is 0. The van der Waals surface area contributed by atoms with Crippen molar-refractivity contribution in [1.29, 1.82) is 5.41 Å². The molecule has 0 aromatic heterocycles. The Morgan fingerprint density at radius 2 is 1.24 bits per heavy atom. The lowest BCUT2D eigenvalue weighted by Gasteiger charge is -2.32. The number of nitrogens with one attached hydrogen (secondary N) is 2. The van der Waals surface area contributed by atoms with E-state index in [1.165, 1.54) is 10.5 Å². The van der Waals surface area contributed by atoms with Crippen LogP contribution in [0.25, 0.3) is 0 Å². The van der Waals surface area contributed by atoms with E-state index < -0.39 is 5.54 Å². The number of likely N-dealkylation sites (N-methyl/N-ethyl adjacent to an activating group) is 1. The van der Waals surface area contributed by atoms with Crippen LogP contribution in [0.3, 0.4) is 0 Å². The number of benzene rings is 3. The molecular weight excluding hydrogens is 434 g/mol. The third-order valence-electron chi connectivity index (χ3n) is 4.80. The summed E-state index contributed by atoms with van der Waals surface area (Å²) in [6.07, 6.45) is 3.23. The van der Waals surface area contributed by atoms with Crippen molar-refractivity contribution in [2.45, 2.75) is 37.6 Å². The Bertz CT molecular complexity index is 813. The van der Waals surface area contributed by atoms with Crippen molar-refractivity contribution < 1.29 is 0 Å². The molecule has 3 aromatic carbocycles. The van der Waals surface area contributed by atoms with Gasteiger partial charge in [-0.25, -0.2) is 0 Å². The zero-order valence-corrected chi connectivity index (χ0v) is 22.4. The lowest BCUT2D eigenvalue weighted by atomic mass is 9.81. The summed E-state index contributed by atoms with van der Waals surface area (Å²) in [7, 11) is 1.84. The Labute approximate surface area is 212 Å². The average molecular weight is 478 g/mol. The Hall–Kier alpha value is -3.08. The van der Waals surface area contributed by atoms with Crippen LogP contribution >= 0.6 is 11.8 Å². The molecule has 0 bridgehead atoms. The second-order valence-electron chi connectivity index (χ2n) is 6.47. The molecule has 0 saturated carbocycles. The van der Waals surface area contributed by atoms with Gasteiger partial charge in [0, 0.05) is 17.6 Å².